The van der Waals surface area contributed by atoms with Gasteiger partial charge in [0.05, 0.1) is 34.6 Å². The van der Waals surface area contributed by atoms with Crippen LogP contribution in [0.15, 0.2) is 60.5 Å². The summed E-state index contributed by atoms with van der Waals surface area (Å²) in [5.74, 6) is 1.60. The summed E-state index contributed by atoms with van der Waals surface area (Å²) >= 11 is 1.65. The first-order valence-corrected chi connectivity index (χ1v) is 14.6. The van der Waals surface area contributed by atoms with Crippen LogP contribution >= 0.6 is 11.3 Å². The summed E-state index contributed by atoms with van der Waals surface area (Å²) in [5.41, 5.74) is 3.59. The summed E-state index contributed by atoms with van der Waals surface area (Å²) < 4.78 is 3.91. The van der Waals surface area contributed by atoms with Crippen LogP contribution in [0.3, 0.4) is 0 Å². The number of amides is 1. The first kappa shape index (κ1) is 26.1. The number of hydrogen-bond donors (Lipinski definition) is 1. The van der Waals surface area contributed by atoms with Gasteiger partial charge in [0, 0.05) is 49.8 Å². The molecular weight excluding hydrogens is 522 g/mol. The summed E-state index contributed by atoms with van der Waals surface area (Å²) in [6, 6.07) is 10.0. The van der Waals surface area contributed by atoms with Crippen molar-refractivity contribution in [2.75, 3.05) is 31.1 Å². The van der Waals surface area contributed by atoms with Crippen LogP contribution in [0, 0.1) is 0 Å². The fourth-order valence-electron chi connectivity index (χ4n) is 5.25. The Morgan fingerprint density at radius 2 is 2.00 bits per heavy atom. The molecule has 0 spiro atoms. The van der Waals surface area contributed by atoms with Gasteiger partial charge in [-0.1, -0.05) is 19.9 Å². The van der Waals surface area contributed by atoms with Gasteiger partial charge >= 0.3 is 0 Å². The predicted octanol–water partition coefficient (Wildman–Crippen LogP) is 4.20. The largest absolute Gasteiger partial charge is 0.350 e. The molecule has 0 aromatic carbocycles. The molecule has 206 valence electrons. The molecule has 1 amide bonds. The van der Waals surface area contributed by atoms with E-state index in [2.05, 4.69) is 56.6 Å². The molecule has 0 radical (unpaired) electrons. The fraction of sp³-hybridized carbons (Fsp3) is 0.345. The van der Waals surface area contributed by atoms with Crippen LogP contribution in [0.2, 0.25) is 0 Å². The third kappa shape index (κ3) is 5.09. The van der Waals surface area contributed by atoms with Crippen LogP contribution in [0.5, 0.6) is 0 Å². The normalized spacial score (nSPS) is 14.1. The average molecular weight is 556 g/mol. The number of carbonyl (C=O) groups is 1. The SMILES string of the molecule is CCN(CC)C(C)CNC(=O)c1cc(-c2cnn3ccc(-c4cccs4)nc23)nc(N2CCn3ccnc3C2)c1. The molecule has 1 unspecified atom stereocenters. The number of imidazole rings is 1. The molecule has 1 aliphatic heterocycles. The smallest absolute Gasteiger partial charge is 0.251 e. The molecule has 0 fully saturated rings. The van der Waals surface area contributed by atoms with Crippen LogP contribution < -0.4 is 10.2 Å². The highest BCUT2D eigenvalue weighted by atomic mass is 32.1. The second-order valence-corrected chi connectivity index (χ2v) is 10.9. The van der Waals surface area contributed by atoms with Gasteiger partial charge in [0.2, 0.25) is 0 Å². The number of aromatic nitrogens is 6. The van der Waals surface area contributed by atoms with Crippen molar-refractivity contribution in [3.8, 4) is 21.8 Å². The summed E-state index contributed by atoms with van der Waals surface area (Å²) in [7, 11) is 0. The van der Waals surface area contributed by atoms with Gasteiger partial charge in [-0.15, -0.1) is 11.3 Å². The number of rotatable bonds is 9. The van der Waals surface area contributed by atoms with Crippen molar-refractivity contribution >= 4 is 28.7 Å². The zero-order chi connectivity index (χ0) is 27.6. The monoisotopic (exact) mass is 555 g/mol. The third-order valence-electron chi connectivity index (χ3n) is 7.56. The fourth-order valence-corrected chi connectivity index (χ4v) is 5.94. The Morgan fingerprint density at radius 1 is 1.12 bits per heavy atom. The summed E-state index contributed by atoms with van der Waals surface area (Å²) in [6.07, 6.45) is 7.52. The molecule has 6 heterocycles. The van der Waals surface area contributed by atoms with E-state index < -0.39 is 0 Å². The Balaban J connectivity index is 1.37. The summed E-state index contributed by atoms with van der Waals surface area (Å²) in [4.78, 5) is 33.6. The molecule has 11 heteroatoms. The Bertz CT molecular complexity index is 1620. The Morgan fingerprint density at radius 3 is 2.80 bits per heavy atom. The molecule has 5 aromatic heterocycles. The van der Waals surface area contributed by atoms with Gasteiger partial charge in [-0.25, -0.2) is 19.5 Å². The highest BCUT2D eigenvalue weighted by molar-refractivity contribution is 7.13. The second kappa shape index (κ2) is 11.2. The van der Waals surface area contributed by atoms with Crippen molar-refractivity contribution < 1.29 is 4.79 Å². The standard InChI is InChI=1S/C29H33N9OS/c1-4-35(5-2)20(3)17-31-29(39)21-15-24(33-26(16-21)37-13-12-36-11-9-30-27(36)19-37)22-18-32-38-10-8-23(34-28(22)38)25-7-6-14-40-25/h6-11,14-16,18,20H,4-5,12-13,17,19H2,1-3H3,(H,31,39). The van der Waals surface area contributed by atoms with Crippen LogP contribution in [0.25, 0.3) is 27.5 Å². The van der Waals surface area contributed by atoms with E-state index in [1.165, 1.54) is 0 Å². The van der Waals surface area contributed by atoms with Gasteiger partial charge in [-0.2, -0.15) is 5.10 Å². The van der Waals surface area contributed by atoms with Crippen LogP contribution in [0.4, 0.5) is 5.82 Å². The van der Waals surface area contributed by atoms with E-state index in [-0.39, 0.29) is 11.9 Å². The number of carbonyl (C=O) groups excluding carboxylic acids is 1. The van der Waals surface area contributed by atoms with Gasteiger partial charge in [0.15, 0.2) is 5.65 Å². The van der Waals surface area contributed by atoms with Crippen LogP contribution in [0.1, 0.15) is 37.0 Å². The zero-order valence-electron chi connectivity index (χ0n) is 23.0. The highest BCUT2D eigenvalue weighted by Crippen LogP contribution is 2.30. The number of nitrogens with zero attached hydrogens (tertiary/aromatic N) is 8. The molecule has 0 aliphatic carbocycles. The van der Waals surface area contributed by atoms with Crippen LogP contribution in [-0.4, -0.2) is 72.2 Å². The average Bonchev–Trinajstić information content (AvgIpc) is 3.76. The van der Waals surface area contributed by atoms with E-state index in [1.54, 1.807) is 22.0 Å². The van der Waals surface area contributed by atoms with Crippen molar-refractivity contribution in [2.45, 2.75) is 39.9 Å². The van der Waals surface area contributed by atoms with Crippen molar-refractivity contribution in [2.24, 2.45) is 0 Å². The maximum atomic E-state index is 13.5. The maximum Gasteiger partial charge on any atom is 0.251 e. The minimum Gasteiger partial charge on any atom is -0.350 e. The quantitative estimate of drug-likeness (QED) is 0.291. The van der Waals surface area contributed by atoms with Gasteiger partial charge < -0.3 is 14.8 Å². The first-order valence-electron chi connectivity index (χ1n) is 13.7. The lowest BCUT2D eigenvalue weighted by Gasteiger charge is -2.29. The lowest BCUT2D eigenvalue weighted by molar-refractivity contribution is 0.0938. The van der Waals surface area contributed by atoms with Crippen LogP contribution in [-0.2, 0) is 13.1 Å². The van der Waals surface area contributed by atoms with E-state index in [9.17, 15) is 4.79 Å². The predicted molar refractivity (Wildman–Crippen MR) is 158 cm³/mol. The van der Waals surface area contributed by atoms with E-state index in [0.29, 0.717) is 30.0 Å². The van der Waals surface area contributed by atoms with Gasteiger partial charge in [-0.3, -0.25) is 9.69 Å². The first-order chi connectivity index (χ1) is 19.5. The molecule has 6 rings (SSSR count). The Labute approximate surface area is 237 Å². The summed E-state index contributed by atoms with van der Waals surface area (Å²) in [5, 5.41) is 9.73. The van der Waals surface area contributed by atoms with Crippen molar-refractivity contribution in [3.63, 3.8) is 0 Å². The number of hydrogen-bond acceptors (Lipinski definition) is 8. The second-order valence-electron chi connectivity index (χ2n) is 9.95. The number of nitrogens with one attached hydrogen (secondary N) is 1. The van der Waals surface area contributed by atoms with Crippen molar-refractivity contribution in [1.82, 2.24) is 39.3 Å². The lowest BCUT2D eigenvalue weighted by atomic mass is 10.1. The lowest BCUT2D eigenvalue weighted by Crippen LogP contribution is -2.42. The maximum absolute atomic E-state index is 13.5. The molecular formula is C29H33N9OS. The number of fused-ring (bicyclic) bond motifs is 2. The Hall–Kier alpha value is -4.09. The number of likely N-dealkylation sites (N-methyl/N-ethyl adjacent to an activating group) is 1. The zero-order valence-corrected chi connectivity index (χ0v) is 23.8. The molecule has 10 nitrogen and oxygen atoms in total. The highest BCUT2D eigenvalue weighted by Gasteiger charge is 2.22. The molecule has 0 saturated carbocycles. The van der Waals surface area contributed by atoms with Gasteiger partial charge in [-0.05, 0) is 49.7 Å². The van der Waals surface area contributed by atoms with E-state index >= 15 is 0 Å². The minimum atomic E-state index is -0.119. The van der Waals surface area contributed by atoms with Crippen molar-refractivity contribution in [3.05, 3.63) is 71.9 Å². The van der Waals surface area contributed by atoms with Gasteiger partial charge in [0.1, 0.15) is 11.6 Å². The van der Waals surface area contributed by atoms with E-state index in [1.807, 2.05) is 48.2 Å². The number of thiophene rings is 1. The molecule has 5 aromatic rings. The topological polar surface area (TPSA) is 96.5 Å². The molecule has 0 saturated heterocycles. The van der Waals surface area contributed by atoms with E-state index in [4.69, 9.17) is 9.97 Å². The minimum absolute atomic E-state index is 0.119. The molecule has 1 atom stereocenters. The van der Waals surface area contributed by atoms with E-state index in [0.717, 1.165) is 54.0 Å². The number of anilines is 1. The molecule has 1 N–H and O–H groups in total. The Kier molecular flexibility index (Phi) is 7.31. The molecule has 0 bridgehead atoms. The third-order valence-corrected chi connectivity index (χ3v) is 8.45. The van der Waals surface area contributed by atoms with Crippen molar-refractivity contribution in [1.29, 1.82) is 0 Å². The van der Waals surface area contributed by atoms with Gasteiger partial charge in [0.25, 0.3) is 5.91 Å². The summed E-state index contributed by atoms with van der Waals surface area (Å²) in [6.45, 7) is 11.1. The number of pyridine rings is 1. The molecule has 40 heavy (non-hydrogen) atoms. The molecule has 1 aliphatic rings.